The number of nitrogens with one attached hydrogen (secondary N) is 1. The maximum atomic E-state index is 11.2. The maximum absolute atomic E-state index is 11.2. The van der Waals surface area contributed by atoms with Gasteiger partial charge < -0.3 is 5.32 Å². The van der Waals surface area contributed by atoms with Crippen molar-refractivity contribution in [1.29, 1.82) is 0 Å². The molecule has 1 N–H and O–H groups in total. The molecule has 1 amide bonds. The first kappa shape index (κ1) is 21.5. The smallest absolute Gasteiger partial charge is 0.219 e. The van der Waals surface area contributed by atoms with Crippen LogP contribution in [0.15, 0.2) is 0 Å². The topological polar surface area (TPSA) is 29.1 Å². The van der Waals surface area contributed by atoms with Crippen molar-refractivity contribution >= 4 is 5.91 Å². The number of rotatable bonds is 17. The average Bonchev–Trinajstić information content (AvgIpc) is 2.51. The highest BCUT2D eigenvalue weighted by atomic mass is 16.1. The van der Waals surface area contributed by atoms with E-state index in [4.69, 9.17) is 0 Å². The minimum absolute atomic E-state index is 0.157. The van der Waals surface area contributed by atoms with Gasteiger partial charge in [-0.15, -0.1) is 0 Å². The summed E-state index contributed by atoms with van der Waals surface area (Å²) in [6.45, 7) is 6.41. The Hall–Kier alpha value is -0.530. The summed E-state index contributed by atoms with van der Waals surface area (Å²) in [5.74, 6) is 0.157. The molecule has 0 unspecified atom stereocenters. The molecule has 0 heterocycles. The second kappa shape index (κ2) is 18.5. The summed E-state index contributed by atoms with van der Waals surface area (Å²) < 4.78 is 0. The summed E-state index contributed by atoms with van der Waals surface area (Å²) in [5, 5.41) is 2.75. The van der Waals surface area contributed by atoms with Gasteiger partial charge in [0.1, 0.15) is 0 Å². The van der Waals surface area contributed by atoms with E-state index in [2.05, 4.69) is 19.2 Å². The zero-order valence-electron chi connectivity index (χ0n) is 15.1. The van der Waals surface area contributed by atoms with E-state index >= 15 is 0 Å². The molecule has 2 nitrogen and oxygen atoms in total. The quantitative estimate of drug-likeness (QED) is 0.318. The van der Waals surface area contributed by atoms with Crippen LogP contribution in [0.1, 0.15) is 110 Å². The van der Waals surface area contributed by atoms with Crippen LogP contribution in [0.5, 0.6) is 0 Å². The van der Waals surface area contributed by atoms with Gasteiger partial charge in [0.2, 0.25) is 5.91 Å². The first-order chi connectivity index (χ1) is 10.8. The zero-order chi connectivity index (χ0) is 16.3. The van der Waals surface area contributed by atoms with Gasteiger partial charge in [-0.2, -0.15) is 0 Å². The molecule has 0 aromatic heterocycles. The third kappa shape index (κ3) is 17.5. The van der Waals surface area contributed by atoms with E-state index in [0.29, 0.717) is 13.0 Å². The molecule has 0 aliphatic rings. The van der Waals surface area contributed by atoms with Crippen LogP contribution in [0.25, 0.3) is 0 Å². The van der Waals surface area contributed by atoms with Gasteiger partial charge in [-0.05, 0) is 13.3 Å². The van der Waals surface area contributed by atoms with Crippen LogP contribution >= 0.6 is 0 Å². The van der Waals surface area contributed by atoms with Crippen LogP contribution in [0, 0.1) is 6.92 Å². The van der Waals surface area contributed by atoms with E-state index in [1.54, 1.807) is 0 Å². The second-order valence-electron chi connectivity index (χ2n) is 6.55. The average molecular weight is 311 g/mol. The molecule has 0 saturated carbocycles. The molecule has 0 fully saturated rings. The van der Waals surface area contributed by atoms with Crippen LogP contribution in [0.2, 0.25) is 0 Å². The number of amides is 1. The molecule has 0 atom stereocenters. The summed E-state index contributed by atoms with van der Waals surface area (Å²) in [5.41, 5.74) is 0. The Morgan fingerprint density at radius 3 is 1.41 bits per heavy atom. The van der Waals surface area contributed by atoms with Crippen molar-refractivity contribution in [1.82, 2.24) is 5.32 Å². The molecule has 0 aliphatic carbocycles. The van der Waals surface area contributed by atoms with Gasteiger partial charge in [-0.3, -0.25) is 4.79 Å². The number of unbranched alkanes of at least 4 members (excludes halogenated alkanes) is 14. The number of hydrogen-bond donors (Lipinski definition) is 1. The molecule has 2 heteroatoms. The maximum Gasteiger partial charge on any atom is 0.219 e. The van der Waals surface area contributed by atoms with E-state index in [0.717, 1.165) is 6.42 Å². The molecule has 0 bridgehead atoms. The lowest BCUT2D eigenvalue weighted by Crippen LogP contribution is -2.22. The standard InChI is InChI=1S/C20H40NO/c1-3-5-6-7-8-9-10-11-12-13-14-15-16-17-18-19-20(22)21-4-2/h2-19H2,1H3,(H,21,22). The third-order valence-corrected chi connectivity index (χ3v) is 4.33. The van der Waals surface area contributed by atoms with Crippen LogP contribution < -0.4 is 5.32 Å². The van der Waals surface area contributed by atoms with Crippen LogP contribution in [-0.4, -0.2) is 12.5 Å². The molecular weight excluding hydrogens is 270 g/mol. The van der Waals surface area contributed by atoms with Crippen molar-refractivity contribution in [2.45, 2.75) is 110 Å². The van der Waals surface area contributed by atoms with E-state index < -0.39 is 0 Å². The largest absolute Gasteiger partial charge is 0.356 e. The molecule has 1 radical (unpaired) electrons. The van der Waals surface area contributed by atoms with Crippen molar-refractivity contribution in [3.8, 4) is 0 Å². The van der Waals surface area contributed by atoms with E-state index in [-0.39, 0.29) is 5.91 Å². The van der Waals surface area contributed by atoms with Gasteiger partial charge in [0, 0.05) is 13.0 Å². The summed E-state index contributed by atoms with van der Waals surface area (Å²) in [6.07, 6.45) is 21.1. The van der Waals surface area contributed by atoms with E-state index in [1.165, 1.54) is 89.9 Å². The molecule has 0 spiro atoms. The third-order valence-electron chi connectivity index (χ3n) is 4.33. The molecule has 131 valence electrons. The Morgan fingerprint density at radius 1 is 0.682 bits per heavy atom. The number of hydrogen-bond acceptors (Lipinski definition) is 1. The molecule has 0 saturated heterocycles. The summed E-state index contributed by atoms with van der Waals surface area (Å²) in [4.78, 5) is 11.2. The minimum atomic E-state index is 0.157. The van der Waals surface area contributed by atoms with Crippen molar-refractivity contribution in [2.75, 3.05) is 6.54 Å². The molecule has 0 aromatic rings. The lowest BCUT2D eigenvalue weighted by Gasteiger charge is -2.04. The number of carbonyl (C=O) groups excluding carboxylic acids is 1. The highest BCUT2D eigenvalue weighted by Crippen LogP contribution is 2.13. The lowest BCUT2D eigenvalue weighted by molar-refractivity contribution is -0.121. The summed E-state index contributed by atoms with van der Waals surface area (Å²) in [7, 11) is 0. The fourth-order valence-corrected chi connectivity index (χ4v) is 2.88. The molecule has 22 heavy (non-hydrogen) atoms. The van der Waals surface area contributed by atoms with Gasteiger partial charge in [0.15, 0.2) is 0 Å². The van der Waals surface area contributed by atoms with Gasteiger partial charge >= 0.3 is 0 Å². The fourth-order valence-electron chi connectivity index (χ4n) is 2.88. The predicted octanol–water partition coefficient (Wildman–Crippen LogP) is 6.20. The Labute approximate surface area is 139 Å². The minimum Gasteiger partial charge on any atom is -0.356 e. The monoisotopic (exact) mass is 310 g/mol. The lowest BCUT2D eigenvalue weighted by atomic mass is 10.0. The van der Waals surface area contributed by atoms with E-state index in [1.807, 2.05) is 0 Å². The van der Waals surface area contributed by atoms with Crippen LogP contribution in [0.3, 0.4) is 0 Å². The van der Waals surface area contributed by atoms with Crippen molar-refractivity contribution in [3.05, 3.63) is 6.92 Å². The van der Waals surface area contributed by atoms with Gasteiger partial charge in [0.05, 0.1) is 0 Å². The van der Waals surface area contributed by atoms with Crippen molar-refractivity contribution < 1.29 is 4.79 Å². The van der Waals surface area contributed by atoms with Crippen molar-refractivity contribution in [2.24, 2.45) is 0 Å². The molecule has 0 rings (SSSR count). The van der Waals surface area contributed by atoms with Crippen molar-refractivity contribution in [3.63, 3.8) is 0 Å². The Bertz CT molecular complexity index is 228. The highest BCUT2D eigenvalue weighted by molar-refractivity contribution is 5.75. The zero-order valence-corrected chi connectivity index (χ0v) is 15.1. The fraction of sp³-hybridized carbons (Fsp3) is 0.900. The Morgan fingerprint density at radius 2 is 1.05 bits per heavy atom. The number of carbonyl (C=O) groups is 1. The van der Waals surface area contributed by atoms with Gasteiger partial charge in [0.25, 0.3) is 0 Å². The van der Waals surface area contributed by atoms with Crippen LogP contribution in [0.4, 0.5) is 0 Å². The SMILES string of the molecule is [CH2]CNC(=O)CCCCCCCCCCCCCCCCC. The molecule has 0 aliphatic heterocycles. The molecular formula is C20H40NO. The van der Waals surface area contributed by atoms with Crippen LogP contribution in [-0.2, 0) is 4.79 Å². The van der Waals surface area contributed by atoms with Gasteiger partial charge in [-0.25, -0.2) is 0 Å². The van der Waals surface area contributed by atoms with Gasteiger partial charge in [-0.1, -0.05) is 96.8 Å². The van der Waals surface area contributed by atoms with E-state index in [9.17, 15) is 4.79 Å². The molecule has 0 aromatic carbocycles. The predicted molar refractivity (Wildman–Crippen MR) is 97.9 cm³/mol. The summed E-state index contributed by atoms with van der Waals surface area (Å²) in [6, 6.07) is 0. The normalized spacial score (nSPS) is 10.8. The Balaban J connectivity index is 3.01. The second-order valence-corrected chi connectivity index (χ2v) is 6.55. The first-order valence-corrected chi connectivity index (χ1v) is 9.87. The first-order valence-electron chi connectivity index (χ1n) is 9.87. The Kier molecular flexibility index (Phi) is 18.1. The highest BCUT2D eigenvalue weighted by Gasteiger charge is 1.98. The summed E-state index contributed by atoms with van der Waals surface area (Å²) >= 11 is 0.